The minimum atomic E-state index is -0.0272. The van der Waals surface area contributed by atoms with Gasteiger partial charge in [-0.05, 0) is 36.5 Å². The molecule has 1 amide bonds. The summed E-state index contributed by atoms with van der Waals surface area (Å²) < 4.78 is 0. The zero-order valence-electron chi connectivity index (χ0n) is 11.2. The summed E-state index contributed by atoms with van der Waals surface area (Å²) in [6.45, 7) is 4.76. The molecule has 0 radical (unpaired) electrons. The molecule has 1 aromatic rings. The second-order valence-corrected chi connectivity index (χ2v) is 5.27. The zero-order chi connectivity index (χ0) is 13.0. The van der Waals surface area contributed by atoms with Gasteiger partial charge in [0.05, 0.1) is 0 Å². The van der Waals surface area contributed by atoms with Gasteiger partial charge in [-0.15, -0.1) is 0 Å². The highest BCUT2D eigenvalue weighted by atomic mass is 16.1. The molecule has 18 heavy (non-hydrogen) atoms. The van der Waals surface area contributed by atoms with Crippen molar-refractivity contribution >= 4 is 11.6 Å². The van der Waals surface area contributed by atoms with Gasteiger partial charge in [-0.1, -0.05) is 25.5 Å². The van der Waals surface area contributed by atoms with E-state index in [1.807, 2.05) is 12.1 Å². The number of carbonyl (C=O) groups excluding carboxylic acids is 1. The fourth-order valence-electron chi connectivity index (χ4n) is 2.61. The molecule has 1 aliphatic carbocycles. The lowest BCUT2D eigenvalue weighted by atomic mass is 10.1. The van der Waals surface area contributed by atoms with Gasteiger partial charge in [0.25, 0.3) is 0 Å². The van der Waals surface area contributed by atoms with Crippen molar-refractivity contribution in [2.24, 2.45) is 5.92 Å². The number of rotatable bonds is 4. The van der Waals surface area contributed by atoms with E-state index in [1.165, 1.54) is 31.7 Å². The van der Waals surface area contributed by atoms with E-state index in [9.17, 15) is 4.79 Å². The zero-order valence-corrected chi connectivity index (χ0v) is 11.2. The molecule has 2 atom stereocenters. The Morgan fingerprint density at radius 1 is 1.28 bits per heavy atom. The normalized spacial score (nSPS) is 23.0. The van der Waals surface area contributed by atoms with Crippen LogP contribution in [-0.4, -0.2) is 11.9 Å². The third-order valence-electron chi connectivity index (χ3n) is 3.70. The van der Waals surface area contributed by atoms with Crippen LogP contribution in [-0.2, 0) is 11.3 Å². The maximum atomic E-state index is 10.9. The fraction of sp³-hybridized carbons (Fsp3) is 0.533. The average molecular weight is 246 g/mol. The Labute approximate surface area is 109 Å². The first kappa shape index (κ1) is 13.1. The molecule has 0 spiro atoms. The van der Waals surface area contributed by atoms with E-state index in [1.54, 1.807) is 0 Å². The number of nitrogens with one attached hydrogen (secondary N) is 2. The van der Waals surface area contributed by atoms with E-state index in [-0.39, 0.29) is 5.91 Å². The number of amides is 1. The van der Waals surface area contributed by atoms with Crippen molar-refractivity contribution in [3.05, 3.63) is 29.8 Å². The number of hydrogen-bond acceptors (Lipinski definition) is 2. The van der Waals surface area contributed by atoms with Gasteiger partial charge in [-0.2, -0.15) is 0 Å². The molecule has 0 heterocycles. The van der Waals surface area contributed by atoms with Gasteiger partial charge in [-0.25, -0.2) is 0 Å². The molecule has 1 fully saturated rings. The van der Waals surface area contributed by atoms with Crippen molar-refractivity contribution in [2.75, 3.05) is 5.32 Å². The summed E-state index contributed by atoms with van der Waals surface area (Å²) in [5.41, 5.74) is 2.13. The van der Waals surface area contributed by atoms with E-state index in [0.717, 1.165) is 18.2 Å². The molecule has 0 aliphatic heterocycles. The standard InChI is InChI=1S/C15H22N2O/c1-11-4-3-5-15(11)16-10-13-6-8-14(9-7-13)17-12(2)18/h6-9,11,15-16H,3-5,10H2,1-2H3,(H,17,18). The monoisotopic (exact) mass is 246 g/mol. The molecule has 98 valence electrons. The summed E-state index contributed by atoms with van der Waals surface area (Å²) in [6.07, 6.45) is 3.99. The lowest BCUT2D eigenvalue weighted by Crippen LogP contribution is -2.30. The van der Waals surface area contributed by atoms with Crippen LogP contribution in [0.4, 0.5) is 5.69 Å². The lowest BCUT2D eigenvalue weighted by Gasteiger charge is -2.17. The van der Waals surface area contributed by atoms with Crippen LogP contribution in [0.5, 0.6) is 0 Å². The van der Waals surface area contributed by atoms with Crippen LogP contribution in [0, 0.1) is 5.92 Å². The minimum absolute atomic E-state index is 0.0272. The van der Waals surface area contributed by atoms with E-state index in [4.69, 9.17) is 0 Å². The highest BCUT2D eigenvalue weighted by Gasteiger charge is 2.22. The molecule has 2 rings (SSSR count). The summed E-state index contributed by atoms with van der Waals surface area (Å²) in [7, 11) is 0. The molecule has 1 saturated carbocycles. The molecule has 0 bridgehead atoms. The van der Waals surface area contributed by atoms with E-state index < -0.39 is 0 Å². The molecule has 1 aromatic carbocycles. The highest BCUT2D eigenvalue weighted by Crippen LogP contribution is 2.25. The Morgan fingerprint density at radius 3 is 2.56 bits per heavy atom. The van der Waals surface area contributed by atoms with Crippen molar-refractivity contribution in [3.63, 3.8) is 0 Å². The Bertz CT molecular complexity index is 399. The molecule has 0 aromatic heterocycles. The second-order valence-electron chi connectivity index (χ2n) is 5.27. The molecule has 2 unspecified atom stereocenters. The number of benzene rings is 1. The quantitative estimate of drug-likeness (QED) is 0.857. The Balaban J connectivity index is 1.84. The first-order valence-corrected chi connectivity index (χ1v) is 6.75. The van der Waals surface area contributed by atoms with Crippen molar-refractivity contribution in [3.8, 4) is 0 Å². The first-order chi connectivity index (χ1) is 8.65. The van der Waals surface area contributed by atoms with Gasteiger partial charge in [0.2, 0.25) is 5.91 Å². The molecular formula is C15H22N2O. The van der Waals surface area contributed by atoms with Crippen LogP contribution in [0.1, 0.15) is 38.7 Å². The topological polar surface area (TPSA) is 41.1 Å². The Hall–Kier alpha value is -1.35. The average Bonchev–Trinajstić information content (AvgIpc) is 2.73. The van der Waals surface area contributed by atoms with Gasteiger partial charge >= 0.3 is 0 Å². The van der Waals surface area contributed by atoms with E-state index in [0.29, 0.717) is 6.04 Å². The number of carbonyl (C=O) groups is 1. The van der Waals surface area contributed by atoms with E-state index in [2.05, 4.69) is 29.7 Å². The lowest BCUT2D eigenvalue weighted by molar-refractivity contribution is -0.114. The summed E-state index contributed by atoms with van der Waals surface area (Å²) in [6, 6.07) is 8.71. The predicted molar refractivity (Wildman–Crippen MR) is 74.4 cm³/mol. The summed E-state index contributed by atoms with van der Waals surface area (Å²) in [4.78, 5) is 10.9. The largest absolute Gasteiger partial charge is 0.326 e. The summed E-state index contributed by atoms with van der Waals surface area (Å²) in [5.74, 6) is 0.768. The summed E-state index contributed by atoms with van der Waals surface area (Å²) >= 11 is 0. The van der Waals surface area contributed by atoms with Gasteiger partial charge in [0, 0.05) is 25.2 Å². The summed E-state index contributed by atoms with van der Waals surface area (Å²) in [5, 5.41) is 6.40. The van der Waals surface area contributed by atoms with Crippen LogP contribution >= 0.6 is 0 Å². The number of anilines is 1. The maximum Gasteiger partial charge on any atom is 0.221 e. The third-order valence-corrected chi connectivity index (χ3v) is 3.70. The second kappa shape index (κ2) is 6.01. The minimum Gasteiger partial charge on any atom is -0.326 e. The van der Waals surface area contributed by atoms with Crippen LogP contribution < -0.4 is 10.6 Å². The van der Waals surface area contributed by atoms with Crippen LogP contribution in [0.15, 0.2) is 24.3 Å². The van der Waals surface area contributed by atoms with Crippen molar-refractivity contribution in [1.29, 1.82) is 0 Å². The van der Waals surface area contributed by atoms with Crippen molar-refractivity contribution in [1.82, 2.24) is 5.32 Å². The molecule has 3 heteroatoms. The highest BCUT2D eigenvalue weighted by molar-refractivity contribution is 5.88. The van der Waals surface area contributed by atoms with Crippen LogP contribution in [0.3, 0.4) is 0 Å². The Morgan fingerprint density at radius 2 is 2.00 bits per heavy atom. The number of hydrogen-bond donors (Lipinski definition) is 2. The molecular weight excluding hydrogens is 224 g/mol. The van der Waals surface area contributed by atoms with Gasteiger partial charge in [-0.3, -0.25) is 4.79 Å². The smallest absolute Gasteiger partial charge is 0.221 e. The maximum absolute atomic E-state index is 10.9. The van der Waals surface area contributed by atoms with Gasteiger partial charge in [0.15, 0.2) is 0 Å². The predicted octanol–water partition coefficient (Wildman–Crippen LogP) is 2.92. The van der Waals surface area contributed by atoms with Crippen molar-refractivity contribution in [2.45, 2.75) is 45.7 Å². The molecule has 2 N–H and O–H groups in total. The molecule has 0 saturated heterocycles. The van der Waals surface area contributed by atoms with Crippen LogP contribution in [0.25, 0.3) is 0 Å². The van der Waals surface area contributed by atoms with E-state index >= 15 is 0 Å². The molecule has 1 aliphatic rings. The Kier molecular flexibility index (Phi) is 4.37. The molecule has 3 nitrogen and oxygen atoms in total. The van der Waals surface area contributed by atoms with Gasteiger partial charge < -0.3 is 10.6 Å². The van der Waals surface area contributed by atoms with Crippen LogP contribution in [0.2, 0.25) is 0 Å². The first-order valence-electron chi connectivity index (χ1n) is 6.75. The third kappa shape index (κ3) is 3.57. The van der Waals surface area contributed by atoms with Gasteiger partial charge in [0.1, 0.15) is 0 Å². The fourth-order valence-corrected chi connectivity index (χ4v) is 2.61. The SMILES string of the molecule is CC(=O)Nc1ccc(CNC2CCCC2C)cc1. The van der Waals surface area contributed by atoms with Crippen molar-refractivity contribution < 1.29 is 4.79 Å².